The highest BCUT2D eigenvalue weighted by atomic mass is 16.3. The first-order valence-corrected chi connectivity index (χ1v) is 10.7. The molecule has 0 fully saturated rings. The first-order chi connectivity index (χ1) is 15.0. The van der Waals surface area contributed by atoms with Crippen LogP contribution in [-0.4, -0.2) is 31.7 Å². The van der Waals surface area contributed by atoms with Crippen LogP contribution in [0, 0.1) is 11.3 Å². The highest BCUT2D eigenvalue weighted by molar-refractivity contribution is 5.84. The van der Waals surface area contributed by atoms with Crippen molar-refractivity contribution in [3.8, 4) is 6.07 Å². The molecular formula is C24H25N5O2. The zero-order valence-corrected chi connectivity index (χ0v) is 17.4. The standard InChI is InChI=1S/C24H25N5O2/c1-14(5-7-16-13-26-21-11-15(12-25)6-8-17(16)21)27-20-9-10-29-22-18(23(20)30)3-2-4-19(22)28-24(29)31/h2-4,6,8,11,13-14,20,23,26-27,30H,5,7,9-10H2,1H3,(H,28,31)/t14-,20-,23-/m1/s1. The molecule has 3 atom stereocenters. The van der Waals surface area contributed by atoms with Crippen molar-refractivity contribution in [3.05, 3.63) is 69.8 Å². The number of fused-ring (bicyclic) bond motifs is 1. The molecule has 3 heterocycles. The van der Waals surface area contributed by atoms with Gasteiger partial charge in [0.2, 0.25) is 0 Å². The molecule has 4 N–H and O–H groups in total. The van der Waals surface area contributed by atoms with Crippen LogP contribution < -0.4 is 11.0 Å². The van der Waals surface area contributed by atoms with Gasteiger partial charge < -0.3 is 20.4 Å². The molecule has 0 saturated carbocycles. The SMILES string of the molecule is C[C@H](CCc1c[nH]c2cc(C#N)ccc12)N[C@@H]1CCn2c(=O)[nH]c3cccc(c32)[C@H]1O. The van der Waals surface area contributed by atoms with Crippen LogP contribution in [0.3, 0.4) is 0 Å². The van der Waals surface area contributed by atoms with Gasteiger partial charge in [-0.2, -0.15) is 5.26 Å². The molecule has 0 bridgehead atoms. The first kappa shape index (κ1) is 19.6. The van der Waals surface area contributed by atoms with E-state index in [0.717, 1.165) is 40.3 Å². The lowest BCUT2D eigenvalue weighted by Crippen LogP contribution is -2.41. The number of H-pyrrole nitrogens is 2. The van der Waals surface area contributed by atoms with Gasteiger partial charge in [0.25, 0.3) is 0 Å². The summed E-state index contributed by atoms with van der Waals surface area (Å²) in [5, 5.41) is 24.9. The maximum absolute atomic E-state index is 12.3. The lowest BCUT2D eigenvalue weighted by molar-refractivity contribution is 0.119. The minimum Gasteiger partial charge on any atom is -0.387 e. The van der Waals surface area contributed by atoms with E-state index >= 15 is 0 Å². The number of nitriles is 1. The molecule has 0 spiro atoms. The average Bonchev–Trinajstić information content (AvgIpc) is 3.29. The topological polar surface area (TPSA) is 110 Å². The summed E-state index contributed by atoms with van der Waals surface area (Å²) in [6, 6.07) is 13.6. The number of imidazole rings is 1. The predicted molar refractivity (Wildman–Crippen MR) is 120 cm³/mol. The maximum Gasteiger partial charge on any atom is 0.326 e. The minimum absolute atomic E-state index is 0.123. The lowest BCUT2D eigenvalue weighted by atomic mass is 9.98. The number of hydrogen-bond acceptors (Lipinski definition) is 4. The van der Waals surface area contributed by atoms with Gasteiger partial charge in [0.15, 0.2) is 0 Å². The van der Waals surface area contributed by atoms with E-state index in [1.54, 1.807) is 4.57 Å². The van der Waals surface area contributed by atoms with E-state index in [2.05, 4.69) is 28.3 Å². The van der Waals surface area contributed by atoms with E-state index in [1.165, 1.54) is 5.56 Å². The van der Waals surface area contributed by atoms with Gasteiger partial charge >= 0.3 is 5.69 Å². The van der Waals surface area contributed by atoms with Crippen molar-refractivity contribution < 1.29 is 5.11 Å². The lowest BCUT2D eigenvalue weighted by Gasteiger charge is -2.26. The van der Waals surface area contributed by atoms with E-state index < -0.39 is 6.10 Å². The molecule has 4 aromatic rings. The third kappa shape index (κ3) is 3.44. The van der Waals surface area contributed by atoms with E-state index in [4.69, 9.17) is 5.26 Å². The zero-order valence-electron chi connectivity index (χ0n) is 17.4. The van der Waals surface area contributed by atoms with Gasteiger partial charge in [-0.05, 0) is 49.9 Å². The second-order valence-electron chi connectivity index (χ2n) is 8.46. The second kappa shape index (κ2) is 7.73. The Kier molecular flexibility index (Phi) is 4.89. The number of para-hydroxylation sites is 1. The molecular weight excluding hydrogens is 390 g/mol. The maximum atomic E-state index is 12.3. The molecule has 1 aliphatic rings. The van der Waals surface area contributed by atoms with E-state index in [0.29, 0.717) is 18.5 Å². The third-order valence-electron chi connectivity index (χ3n) is 6.43. The summed E-state index contributed by atoms with van der Waals surface area (Å²) >= 11 is 0. The van der Waals surface area contributed by atoms with Crippen LogP contribution >= 0.6 is 0 Å². The Morgan fingerprint density at radius 1 is 1.32 bits per heavy atom. The Labute approximate surface area is 179 Å². The molecule has 7 heteroatoms. The summed E-state index contributed by atoms with van der Waals surface area (Å²) < 4.78 is 1.74. The molecule has 7 nitrogen and oxygen atoms in total. The summed E-state index contributed by atoms with van der Waals surface area (Å²) in [6.45, 7) is 2.70. The quantitative estimate of drug-likeness (QED) is 0.401. The predicted octanol–water partition coefficient (Wildman–Crippen LogP) is 3.10. The van der Waals surface area contributed by atoms with E-state index in [-0.39, 0.29) is 17.8 Å². The number of aliphatic hydroxyl groups is 1. The monoisotopic (exact) mass is 415 g/mol. The molecule has 0 aliphatic carbocycles. The van der Waals surface area contributed by atoms with E-state index in [1.807, 2.05) is 42.6 Å². The van der Waals surface area contributed by atoms with Crippen molar-refractivity contribution in [1.29, 1.82) is 5.26 Å². The molecule has 0 radical (unpaired) electrons. The smallest absolute Gasteiger partial charge is 0.326 e. The number of rotatable bonds is 5. The molecule has 2 aromatic carbocycles. The zero-order chi connectivity index (χ0) is 21.5. The Hall–Kier alpha value is -3.34. The van der Waals surface area contributed by atoms with Gasteiger partial charge in [0.05, 0.1) is 28.8 Å². The fourth-order valence-corrected chi connectivity index (χ4v) is 4.80. The number of benzene rings is 2. The molecule has 31 heavy (non-hydrogen) atoms. The van der Waals surface area contributed by atoms with Gasteiger partial charge in [0, 0.05) is 41.3 Å². The Morgan fingerprint density at radius 2 is 2.19 bits per heavy atom. The summed E-state index contributed by atoms with van der Waals surface area (Å²) in [5.41, 5.74) is 5.11. The Morgan fingerprint density at radius 3 is 3.03 bits per heavy atom. The van der Waals surface area contributed by atoms with Gasteiger partial charge in [-0.3, -0.25) is 4.57 Å². The number of aliphatic hydroxyl groups excluding tert-OH is 1. The van der Waals surface area contributed by atoms with Gasteiger partial charge in [-0.1, -0.05) is 18.2 Å². The number of aromatic nitrogens is 3. The largest absolute Gasteiger partial charge is 0.387 e. The van der Waals surface area contributed by atoms with Crippen molar-refractivity contribution in [2.45, 2.75) is 50.9 Å². The molecule has 1 aliphatic heterocycles. The minimum atomic E-state index is -0.674. The highest BCUT2D eigenvalue weighted by Crippen LogP contribution is 2.30. The van der Waals surface area contributed by atoms with Crippen LogP contribution in [0.1, 0.15) is 42.6 Å². The molecule has 158 valence electrons. The van der Waals surface area contributed by atoms with Crippen molar-refractivity contribution >= 4 is 21.9 Å². The van der Waals surface area contributed by atoms with Gasteiger partial charge in [0.1, 0.15) is 0 Å². The van der Waals surface area contributed by atoms with Crippen LogP contribution in [0.2, 0.25) is 0 Å². The number of nitrogens with zero attached hydrogens (tertiary/aromatic N) is 2. The first-order valence-electron chi connectivity index (χ1n) is 10.7. The summed E-state index contributed by atoms with van der Waals surface area (Å²) in [6.07, 6.45) is 3.81. The van der Waals surface area contributed by atoms with Gasteiger partial charge in [-0.15, -0.1) is 0 Å². The molecule has 0 unspecified atom stereocenters. The van der Waals surface area contributed by atoms with Crippen molar-refractivity contribution in [3.63, 3.8) is 0 Å². The van der Waals surface area contributed by atoms with Crippen LogP contribution in [0.25, 0.3) is 21.9 Å². The van der Waals surface area contributed by atoms with E-state index in [9.17, 15) is 9.90 Å². The number of aryl methyl sites for hydroxylation is 2. The fraction of sp³-hybridized carbons (Fsp3) is 0.333. The number of nitrogens with one attached hydrogen (secondary N) is 3. The highest BCUT2D eigenvalue weighted by Gasteiger charge is 2.29. The normalized spacial score (nSPS) is 19.4. The summed E-state index contributed by atoms with van der Waals surface area (Å²) in [7, 11) is 0. The molecule has 0 amide bonds. The van der Waals surface area contributed by atoms with Crippen LogP contribution in [0.5, 0.6) is 0 Å². The van der Waals surface area contributed by atoms with Crippen LogP contribution in [0.4, 0.5) is 0 Å². The fourth-order valence-electron chi connectivity index (χ4n) is 4.80. The van der Waals surface area contributed by atoms with Crippen molar-refractivity contribution in [1.82, 2.24) is 19.9 Å². The van der Waals surface area contributed by atoms with Crippen molar-refractivity contribution in [2.24, 2.45) is 0 Å². The van der Waals surface area contributed by atoms with Crippen molar-refractivity contribution in [2.75, 3.05) is 0 Å². The van der Waals surface area contributed by atoms with Crippen LogP contribution in [-0.2, 0) is 13.0 Å². The van der Waals surface area contributed by atoms with Gasteiger partial charge in [-0.25, -0.2) is 4.79 Å². The molecule has 0 saturated heterocycles. The summed E-state index contributed by atoms with van der Waals surface area (Å²) in [5.74, 6) is 0. The molecule has 2 aromatic heterocycles. The molecule has 5 rings (SSSR count). The number of hydrogen-bond donors (Lipinski definition) is 4. The summed E-state index contributed by atoms with van der Waals surface area (Å²) in [4.78, 5) is 18.4. The Balaban J connectivity index is 1.29. The third-order valence-corrected chi connectivity index (χ3v) is 6.43. The Bertz CT molecular complexity index is 1360. The van der Waals surface area contributed by atoms with Crippen LogP contribution in [0.15, 0.2) is 47.4 Å². The second-order valence-corrected chi connectivity index (χ2v) is 8.46. The average molecular weight is 415 g/mol. The number of aromatic amines is 2.